The van der Waals surface area contributed by atoms with Crippen LogP contribution in [0.3, 0.4) is 0 Å². The van der Waals surface area contributed by atoms with Gasteiger partial charge in [-0.3, -0.25) is 0 Å². The van der Waals surface area contributed by atoms with Gasteiger partial charge in [0.1, 0.15) is 5.75 Å². The number of hydrogen-bond donors (Lipinski definition) is 1. The fourth-order valence-electron chi connectivity index (χ4n) is 1.50. The molecule has 5 heteroatoms. The van der Waals surface area contributed by atoms with E-state index in [2.05, 4.69) is 28.2 Å². The zero-order valence-corrected chi connectivity index (χ0v) is 13.4. The summed E-state index contributed by atoms with van der Waals surface area (Å²) in [5.74, 6) is 0.861. The molecule has 0 bridgehead atoms. The second-order valence-corrected chi connectivity index (χ2v) is 5.34. The van der Waals surface area contributed by atoms with Gasteiger partial charge in [0.25, 0.3) is 0 Å². The summed E-state index contributed by atoms with van der Waals surface area (Å²) in [6.45, 7) is 3.82. The van der Waals surface area contributed by atoms with Gasteiger partial charge in [0.05, 0.1) is 13.2 Å². The number of halogens is 1. The maximum Gasteiger partial charge on any atom is 0.407 e. The van der Waals surface area contributed by atoms with Crippen molar-refractivity contribution in [2.75, 3.05) is 19.8 Å². The molecule has 0 aliphatic carbocycles. The molecule has 0 fully saturated rings. The average molecular weight is 344 g/mol. The van der Waals surface area contributed by atoms with E-state index in [4.69, 9.17) is 9.47 Å². The molecule has 1 aromatic carbocycles. The molecule has 0 saturated carbocycles. The molecule has 1 N–H and O–H groups in total. The van der Waals surface area contributed by atoms with Gasteiger partial charge < -0.3 is 14.8 Å². The molecule has 1 rings (SSSR count). The number of carbonyl (C=O) groups is 1. The van der Waals surface area contributed by atoms with Crippen LogP contribution in [0.5, 0.6) is 5.75 Å². The number of hydrogen-bond acceptors (Lipinski definition) is 3. The lowest BCUT2D eigenvalue weighted by molar-refractivity contribution is 0.144. The predicted octanol–water partition coefficient (Wildman–Crippen LogP) is 4.13. The van der Waals surface area contributed by atoms with Crippen molar-refractivity contribution < 1.29 is 14.3 Å². The molecular formula is C15H22BrNO3. The van der Waals surface area contributed by atoms with Gasteiger partial charge in [-0.2, -0.15) is 0 Å². The van der Waals surface area contributed by atoms with Crippen LogP contribution in [0.1, 0.15) is 32.6 Å². The normalized spacial score (nSPS) is 10.1. The molecule has 1 amide bonds. The van der Waals surface area contributed by atoms with E-state index in [0.29, 0.717) is 19.8 Å². The van der Waals surface area contributed by atoms with Gasteiger partial charge in [-0.25, -0.2) is 4.79 Å². The Morgan fingerprint density at radius 3 is 2.60 bits per heavy atom. The van der Waals surface area contributed by atoms with Crippen molar-refractivity contribution in [3.63, 3.8) is 0 Å². The third-order valence-electron chi connectivity index (χ3n) is 2.65. The topological polar surface area (TPSA) is 47.6 Å². The molecule has 0 heterocycles. The van der Waals surface area contributed by atoms with Crippen molar-refractivity contribution in [2.45, 2.75) is 32.6 Å². The molecule has 0 atom stereocenters. The highest BCUT2D eigenvalue weighted by Crippen LogP contribution is 2.16. The quantitative estimate of drug-likeness (QED) is 0.685. The summed E-state index contributed by atoms with van der Waals surface area (Å²) in [7, 11) is 0. The van der Waals surface area contributed by atoms with E-state index >= 15 is 0 Å². The van der Waals surface area contributed by atoms with Crippen LogP contribution in [-0.4, -0.2) is 25.9 Å². The van der Waals surface area contributed by atoms with E-state index in [9.17, 15) is 4.79 Å². The zero-order valence-electron chi connectivity index (χ0n) is 11.9. The second-order valence-electron chi connectivity index (χ2n) is 4.43. The smallest absolute Gasteiger partial charge is 0.407 e. The van der Waals surface area contributed by atoms with Crippen molar-refractivity contribution >= 4 is 22.0 Å². The first-order valence-electron chi connectivity index (χ1n) is 7.01. The van der Waals surface area contributed by atoms with Gasteiger partial charge in [0.15, 0.2) is 0 Å². The van der Waals surface area contributed by atoms with Crippen LogP contribution in [-0.2, 0) is 4.74 Å². The number of amides is 1. The van der Waals surface area contributed by atoms with Crippen molar-refractivity contribution in [3.05, 3.63) is 28.7 Å². The fourth-order valence-corrected chi connectivity index (χ4v) is 1.76. The molecule has 0 aliphatic rings. The van der Waals surface area contributed by atoms with Gasteiger partial charge in [-0.15, -0.1) is 0 Å². The molecule has 20 heavy (non-hydrogen) atoms. The minimum absolute atomic E-state index is 0.327. The predicted molar refractivity (Wildman–Crippen MR) is 83.1 cm³/mol. The van der Waals surface area contributed by atoms with Crippen LogP contribution in [0.2, 0.25) is 0 Å². The number of alkyl carbamates (subject to hydrolysis) is 1. The van der Waals surface area contributed by atoms with Gasteiger partial charge in [-0.1, -0.05) is 29.3 Å². The third-order valence-corrected chi connectivity index (χ3v) is 3.18. The molecule has 0 spiro atoms. The summed E-state index contributed by atoms with van der Waals surface area (Å²) in [5, 5.41) is 2.72. The summed E-state index contributed by atoms with van der Waals surface area (Å²) in [6.07, 6.45) is 3.38. The summed E-state index contributed by atoms with van der Waals surface area (Å²) >= 11 is 3.38. The Labute approximate surface area is 129 Å². The maximum atomic E-state index is 11.2. The summed E-state index contributed by atoms with van der Waals surface area (Å²) < 4.78 is 11.6. The Morgan fingerprint density at radius 2 is 1.90 bits per heavy atom. The van der Waals surface area contributed by atoms with Crippen molar-refractivity contribution in [1.29, 1.82) is 0 Å². The van der Waals surface area contributed by atoms with E-state index in [0.717, 1.165) is 35.9 Å². The highest BCUT2D eigenvalue weighted by atomic mass is 79.9. The molecule has 0 aliphatic heterocycles. The summed E-state index contributed by atoms with van der Waals surface area (Å²) in [5.41, 5.74) is 0. The monoisotopic (exact) mass is 343 g/mol. The zero-order chi connectivity index (χ0) is 14.6. The molecule has 0 aromatic heterocycles. The average Bonchev–Trinajstić information content (AvgIpc) is 2.45. The molecular weight excluding hydrogens is 322 g/mol. The molecule has 4 nitrogen and oxygen atoms in total. The number of unbranched alkanes of at least 4 members (excludes halogenated alkanes) is 2. The van der Waals surface area contributed by atoms with Gasteiger partial charge in [0.2, 0.25) is 0 Å². The van der Waals surface area contributed by atoms with E-state index in [1.165, 1.54) is 0 Å². The highest BCUT2D eigenvalue weighted by molar-refractivity contribution is 9.10. The molecule has 112 valence electrons. The van der Waals surface area contributed by atoms with Crippen LogP contribution >= 0.6 is 15.9 Å². The van der Waals surface area contributed by atoms with Crippen LogP contribution in [0.4, 0.5) is 4.79 Å². The van der Waals surface area contributed by atoms with Gasteiger partial charge >= 0.3 is 6.09 Å². The van der Waals surface area contributed by atoms with Gasteiger partial charge in [0, 0.05) is 11.0 Å². The van der Waals surface area contributed by atoms with Crippen LogP contribution < -0.4 is 10.1 Å². The van der Waals surface area contributed by atoms with E-state index < -0.39 is 0 Å². The third kappa shape index (κ3) is 8.04. The molecule has 0 saturated heterocycles. The van der Waals surface area contributed by atoms with E-state index in [-0.39, 0.29) is 6.09 Å². The summed E-state index contributed by atoms with van der Waals surface area (Å²) in [4.78, 5) is 11.2. The largest absolute Gasteiger partial charge is 0.494 e. The first-order valence-corrected chi connectivity index (χ1v) is 7.80. The van der Waals surface area contributed by atoms with Crippen LogP contribution in [0.25, 0.3) is 0 Å². The fraction of sp³-hybridized carbons (Fsp3) is 0.533. The number of ether oxygens (including phenoxy) is 2. The Kier molecular flexibility index (Phi) is 8.87. The van der Waals surface area contributed by atoms with Crippen molar-refractivity contribution in [3.8, 4) is 5.75 Å². The number of nitrogens with one attached hydrogen (secondary N) is 1. The second kappa shape index (κ2) is 10.5. The first-order chi connectivity index (χ1) is 9.72. The summed E-state index contributed by atoms with van der Waals surface area (Å²) in [6, 6.07) is 7.74. The minimum Gasteiger partial charge on any atom is -0.494 e. The standard InChI is InChI=1S/C15H22BrNO3/c1-2-3-11-20-15(18)17-10-4-5-12-19-14-8-6-13(16)7-9-14/h6-9H,2-5,10-12H2,1H3,(H,17,18). The van der Waals surface area contributed by atoms with Crippen LogP contribution in [0.15, 0.2) is 28.7 Å². The van der Waals surface area contributed by atoms with Gasteiger partial charge in [-0.05, 0) is 43.5 Å². The van der Waals surface area contributed by atoms with Crippen molar-refractivity contribution in [1.82, 2.24) is 5.32 Å². The Morgan fingerprint density at radius 1 is 1.15 bits per heavy atom. The van der Waals surface area contributed by atoms with E-state index in [1.807, 2.05) is 24.3 Å². The number of rotatable bonds is 9. The molecule has 0 unspecified atom stereocenters. The Balaban J connectivity index is 1.97. The van der Waals surface area contributed by atoms with E-state index in [1.54, 1.807) is 0 Å². The molecule has 0 radical (unpaired) electrons. The minimum atomic E-state index is -0.327. The number of carbonyl (C=O) groups excluding carboxylic acids is 1. The lowest BCUT2D eigenvalue weighted by Crippen LogP contribution is -2.25. The lowest BCUT2D eigenvalue weighted by atomic mass is 10.3. The maximum absolute atomic E-state index is 11.2. The molecule has 1 aromatic rings. The van der Waals surface area contributed by atoms with Crippen LogP contribution in [0, 0.1) is 0 Å². The SMILES string of the molecule is CCCCOC(=O)NCCCCOc1ccc(Br)cc1. The first kappa shape index (κ1) is 16.8. The Hall–Kier alpha value is -1.23. The highest BCUT2D eigenvalue weighted by Gasteiger charge is 2.00. The number of benzene rings is 1. The Bertz CT molecular complexity index is 381. The van der Waals surface area contributed by atoms with Crippen molar-refractivity contribution in [2.24, 2.45) is 0 Å². The lowest BCUT2D eigenvalue weighted by Gasteiger charge is -2.07.